The molecule has 0 unspecified atom stereocenters. The molecular weight excluding hydrogens is 271 g/mol. The molecule has 0 fully saturated rings. The molecule has 0 aromatic heterocycles. The van der Waals surface area contributed by atoms with Gasteiger partial charge in [-0.2, -0.15) is 0 Å². The van der Waals surface area contributed by atoms with E-state index in [-0.39, 0.29) is 17.0 Å². The third-order valence-corrected chi connectivity index (χ3v) is 3.32. The average Bonchev–Trinajstić information content (AvgIpc) is 2.10. The van der Waals surface area contributed by atoms with Crippen LogP contribution in [-0.4, -0.2) is 5.78 Å². The fourth-order valence-corrected chi connectivity index (χ4v) is 2.34. The maximum Gasteiger partial charge on any atom is 0.137 e. The van der Waals surface area contributed by atoms with Crippen molar-refractivity contribution in [1.82, 2.24) is 0 Å². The minimum atomic E-state index is -0.254. The number of benzene rings is 1. The van der Waals surface area contributed by atoms with E-state index >= 15 is 0 Å². The van der Waals surface area contributed by atoms with Crippen LogP contribution in [0.5, 0.6) is 0 Å². The van der Waals surface area contributed by atoms with E-state index in [1.165, 1.54) is 6.07 Å². The van der Waals surface area contributed by atoms with Crippen molar-refractivity contribution < 1.29 is 9.18 Å². The monoisotopic (exact) mass is 286 g/mol. The Morgan fingerprint density at radius 3 is 2.62 bits per heavy atom. The van der Waals surface area contributed by atoms with Gasteiger partial charge in [0.2, 0.25) is 0 Å². The Morgan fingerprint density at radius 1 is 1.44 bits per heavy atom. The molecule has 1 aromatic rings. The largest absolute Gasteiger partial charge is 0.300 e. The lowest BCUT2D eigenvalue weighted by atomic mass is 9.81. The van der Waals surface area contributed by atoms with Crippen LogP contribution in [0.25, 0.3) is 0 Å². The molecule has 0 atom stereocenters. The SMILES string of the molecule is CC(=O)CC(C)(C)Cc1cccc(F)c1Br. The van der Waals surface area contributed by atoms with E-state index in [1.807, 2.05) is 19.9 Å². The summed E-state index contributed by atoms with van der Waals surface area (Å²) < 4.78 is 13.8. The number of rotatable bonds is 4. The van der Waals surface area contributed by atoms with Crippen LogP contribution in [-0.2, 0) is 11.2 Å². The molecule has 0 aliphatic rings. The average molecular weight is 287 g/mol. The topological polar surface area (TPSA) is 17.1 Å². The molecule has 0 bridgehead atoms. The minimum Gasteiger partial charge on any atom is -0.300 e. The summed E-state index contributed by atoms with van der Waals surface area (Å²) in [6.07, 6.45) is 1.20. The van der Waals surface area contributed by atoms with Gasteiger partial charge in [-0.3, -0.25) is 0 Å². The van der Waals surface area contributed by atoms with Crippen molar-refractivity contribution in [3.05, 3.63) is 34.1 Å². The third kappa shape index (κ3) is 3.71. The van der Waals surface area contributed by atoms with Crippen LogP contribution in [0, 0.1) is 11.2 Å². The van der Waals surface area contributed by atoms with Crippen LogP contribution >= 0.6 is 15.9 Å². The minimum absolute atomic E-state index is 0.137. The van der Waals surface area contributed by atoms with Crippen molar-refractivity contribution in [2.45, 2.75) is 33.6 Å². The van der Waals surface area contributed by atoms with Gasteiger partial charge < -0.3 is 4.79 Å². The Balaban J connectivity index is 2.87. The highest BCUT2D eigenvalue weighted by Gasteiger charge is 2.22. The second-order valence-electron chi connectivity index (χ2n) is 4.93. The van der Waals surface area contributed by atoms with Crippen LogP contribution in [0.3, 0.4) is 0 Å². The van der Waals surface area contributed by atoms with Crippen LogP contribution in [0.2, 0.25) is 0 Å². The highest BCUT2D eigenvalue weighted by Crippen LogP contribution is 2.30. The molecule has 3 heteroatoms. The van der Waals surface area contributed by atoms with E-state index in [1.54, 1.807) is 13.0 Å². The van der Waals surface area contributed by atoms with Crippen LogP contribution < -0.4 is 0 Å². The number of ketones is 1. The van der Waals surface area contributed by atoms with Crippen LogP contribution in [0.15, 0.2) is 22.7 Å². The summed E-state index contributed by atoms with van der Waals surface area (Å²) in [6, 6.07) is 5.00. The molecule has 1 aromatic carbocycles. The van der Waals surface area contributed by atoms with E-state index in [4.69, 9.17) is 0 Å². The summed E-state index contributed by atoms with van der Waals surface area (Å²) in [7, 11) is 0. The molecule has 0 N–H and O–H groups in total. The summed E-state index contributed by atoms with van der Waals surface area (Å²) in [4.78, 5) is 11.1. The Kier molecular flexibility index (Phi) is 4.25. The van der Waals surface area contributed by atoms with Crippen molar-refractivity contribution in [3.8, 4) is 0 Å². The number of carbonyl (C=O) groups is 1. The first-order valence-corrected chi connectivity index (χ1v) is 6.03. The van der Waals surface area contributed by atoms with Gasteiger partial charge in [0.05, 0.1) is 4.47 Å². The molecule has 0 saturated carbocycles. The number of Topliss-reactive ketones (excluding diaryl/α,β-unsaturated/α-hetero) is 1. The number of carbonyl (C=O) groups excluding carboxylic acids is 1. The van der Waals surface area contributed by atoms with Gasteiger partial charge >= 0.3 is 0 Å². The third-order valence-electron chi connectivity index (χ3n) is 2.43. The predicted molar refractivity (Wildman–Crippen MR) is 66.9 cm³/mol. The summed E-state index contributed by atoms with van der Waals surface area (Å²) in [5.74, 6) is -0.0892. The Hall–Kier alpha value is -0.700. The number of halogens is 2. The molecule has 1 rings (SSSR count). The first-order chi connectivity index (χ1) is 7.32. The predicted octanol–water partition coefficient (Wildman–Crippen LogP) is 4.14. The van der Waals surface area contributed by atoms with Crippen molar-refractivity contribution >= 4 is 21.7 Å². The first-order valence-electron chi connectivity index (χ1n) is 5.24. The molecule has 16 heavy (non-hydrogen) atoms. The quantitative estimate of drug-likeness (QED) is 0.813. The molecule has 0 spiro atoms. The van der Waals surface area contributed by atoms with Gasteiger partial charge in [-0.05, 0) is 46.3 Å². The summed E-state index contributed by atoms with van der Waals surface area (Å²) in [5.41, 5.74) is 0.772. The fraction of sp³-hybridized carbons (Fsp3) is 0.462. The molecular formula is C13H16BrFO. The summed E-state index contributed by atoms with van der Waals surface area (Å²) in [5, 5.41) is 0. The van der Waals surface area contributed by atoms with Gasteiger partial charge in [0, 0.05) is 6.42 Å². The molecule has 0 heterocycles. The van der Waals surface area contributed by atoms with Crippen molar-refractivity contribution in [2.24, 2.45) is 5.41 Å². The summed E-state index contributed by atoms with van der Waals surface area (Å²) >= 11 is 3.24. The highest BCUT2D eigenvalue weighted by molar-refractivity contribution is 9.10. The maximum atomic E-state index is 13.3. The van der Waals surface area contributed by atoms with Crippen molar-refractivity contribution in [2.75, 3.05) is 0 Å². The number of hydrogen-bond donors (Lipinski definition) is 0. The molecule has 88 valence electrons. The van der Waals surface area contributed by atoms with Gasteiger partial charge in [-0.15, -0.1) is 0 Å². The van der Waals surface area contributed by atoms with Gasteiger partial charge in [-0.25, -0.2) is 4.39 Å². The smallest absolute Gasteiger partial charge is 0.137 e. The zero-order valence-corrected chi connectivity index (χ0v) is 11.4. The summed E-state index contributed by atoms with van der Waals surface area (Å²) in [6.45, 7) is 5.62. The van der Waals surface area contributed by atoms with Crippen LogP contribution in [0.4, 0.5) is 4.39 Å². The second kappa shape index (κ2) is 5.09. The zero-order chi connectivity index (χ0) is 12.3. The van der Waals surface area contributed by atoms with Gasteiger partial charge in [0.1, 0.15) is 11.6 Å². The molecule has 0 radical (unpaired) electrons. The lowest BCUT2D eigenvalue weighted by Crippen LogP contribution is -2.19. The zero-order valence-electron chi connectivity index (χ0n) is 9.81. The Labute approximate surface area is 104 Å². The van der Waals surface area contributed by atoms with Crippen LogP contribution in [0.1, 0.15) is 32.8 Å². The Morgan fingerprint density at radius 2 is 2.06 bits per heavy atom. The van der Waals surface area contributed by atoms with Gasteiger partial charge in [-0.1, -0.05) is 26.0 Å². The van der Waals surface area contributed by atoms with Crippen molar-refractivity contribution in [1.29, 1.82) is 0 Å². The van der Waals surface area contributed by atoms with E-state index in [2.05, 4.69) is 15.9 Å². The normalized spacial score (nSPS) is 11.6. The molecule has 0 aliphatic carbocycles. The van der Waals surface area contributed by atoms with Crippen molar-refractivity contribution in [3.63, 3.8) is 0 Å². The number of hydrogen-bond acceptors (Lipinski definition) is 1. The van der Waals surface area contributed by atoms with Gasteiger partial charge in [0.15, 0.2) is 0 Å². The molecule has 0 saturated heterocycles. The van der Waals surface area contributed by atoms with E-state index in [0.29, 0.717) is 17.3 Å². The second-order valence-corrected chi connectivity index (χ2v) is 5.73. The van der Waals surface area contributed by atoms with E-state index in [0.717, 1.165) is 5.56 Å². The maximum absolute atomic E-state index is 13.3. The molecule has 1 nitrogen and oxygen atoms in total. The Bertz CT molecular complexity index is 399. The first kappa shape index (κ1) is 13.4. The van der Waals surface area contributed by atoms with Gasteiger partial charge in [0.25, 0.3) is 0 Å². The lowest BCUT2D eigenvalue weighted by molar-refractivity contribution is -0.118. The van der Waals surface area contributed by atoms with E-state index in [9.17, 15) is 9.18 Å². The fourth-order valence-electron chi connectivity index (χ4n) is 1.94. The highest BCUT2D eigenvalue weighted by atomic mass is 79.9. The van der Waals surface area contributed by atoms with E-state index < -0.39 is 0 Å². The standard InChI is InChI=1S/C13H16BrFO/c1-9(16)7-13(2,3)8-10-5-4-6-11(15)12(10)14/h4-6H,7-8H2,1-3H3. The molecule has 0 amide bonds. The lowest BCUT2D eigenvalue weighted by Gasteiger charge is -2.23. The molecule has 0 aliphatic heterocycles.